The van der Waals surface area contributed by atoms with Crippen LogP contribution in [0.5, 0.6) is 0 Å². The number of aromatic amines is 1. The second kappa shape index (κ2) is 5.10. The molecule has 1 heterocycles. The highest BCUT2D eigenvalue weighted by Gasteiger charge is 2.10. The number of carbonyl (C=O) groups is 1. The van der Waals surface area contributed by atoms with Crippen LogP contribution in [0.15, 0.2) is 12.1 Å². The molecular weight excluding hydrogens is 248 g/mol. The summed E-state index contributed by atoms with van der Waals surface area (Å²) in [6, 6.07) is 5.68. The first kappa shape index (κ1) is 12.5. The van der Waals surface area contributed by atoms with Crippen molar-refractivity contribution >= 4 is 35.3 Å². The Labute approximate surface area is 110 Å². The lowest BCUT2D eigenvalue weighted by Gasteiger charge is -2.01. The van der Waals surface area contributed by atoms with E-state index in [0.29, 0.717) is 23.6 Å². The molecule has 92 valence electrons. The number of amides is 1. The van der Waals surface area contributed by atoms with E-state index in [2.05, 4.69) is 34.2 Å². The molecule has 0 bridgehead atoms. The fourth-order valence-electron chi connectivity index (χ4n) is 1.68. The van der Waals surface area contributed by atoms with Crippen LogP contribution in [0.4, 0.5) is 5.82 Å². The summed E-state index contributed by atoms with van der Waals surface area (Å²) >= 11 is 4.00. The summed E-state index contributed by atoms with van der Waals surface area (Å²) in [5.41, 5.74) is 2.19. The van der Waals surface area contributed by atoms with Gasteiger partial charge in [-0.3, -0.25) is 9.89 Å². The molecule has 2 aromatic rings. The lowest BCUT2D eigenvalue weighted by Crippen LogP contribution is -2.12. The molecule has 0 fully saturated rings. The Bertz CT molecular complexity index is 641. The van der Waals surface area contributed by atoms with Crippen molar-refractivity contribution in [2.24, 2.45) is 0 Å². The van der Waals surface area contributed by atoms with Crippen molar-refractivity contribution in [2.75, 3.05) is 11.1 Å². The highest BCUT2D eigenvalue weighted by Crippen LogP contribution is 2.24. The molecule has 0 radical (unpaired) electrons. The molecule has 5 nitrogen and oxygen atoms in total. The molecule has 1 aromatic carbocycles. The number of anilines is 1. The third-order valence-electron chi connectivity index (χ3n) is 2.62. The van der Waals surface area contributed by atoms with Crippen molar-refractivity contribution in [1.82, 2.24) is 10.2 Å². The van der Waals surface area contributed by atoms with Crippen LogP contribution in [0.2, 0.25) is 0 Å². The third kappa shape index (κ3) is 2.31. The predicted molar refractivity (Wildman–Crippen MR) is 72.6 cm³/mol. The van der Waals surface area contributed by atoms with Gasteiger partial charge in [0.2, 0.25) is 5.91 Å². The Kier molecular flexibility index (Phi) is 3.53. The average molecular weight is 260 g/mol. The first-order chi connectivity index (χ1) is 8.65. The summed E-state index contributed by atoms with van der Waals surface area (Å²) in [5.74, 6) is 0.857. The summed E-state index contributed by atoms with van der Waals surface area (Å²) in [4.78, 5) is 11.5. The Hall–Kier alpha value is -2.00. The number of nitrogens with one attached hydrogen (secondary N) is 2. The largest absolute Gasteiger partial charge is 0.309 e. The van der Waals surface area contributed by atoms with Crippen LogP contribution in [0.1, 0.15) is 17.5 Å². The first-order valence-electron chi connectivity index (χ1n) is 5.45. The highest BCUT2D eigenvalue weighted by molar-refractivity contribution is 7.80. The van der Waals surface area contributed by atoms with E-state index in [1.165, 1.54) is 0 Å². The summed E-state index contributed by atoms with van der Waals surface area (Å²) in [5, 5.41) is 19.3. The van der Waals surface area contributed by atoms with E-state index in [0.717, 1.165) is 16.5 Å². The fraction of sp³-hybridized carbons (Fsp3) is 0.250. The van der Waals surface area contributed by atoms with Gasteiger partial charge in [0.15, 0.2) is 5.82 Å². The molecule has 0 atom stereocenters. The van der Waals surface area contributed by atoms with Crippen LogP contribution in [0.25, 0.3) is 10.9 Å². The summed E-state index contributed by atoms with van der Waals surface area (Å²) in [6.07, 6.45) is 0.340. The number of rotatable bonds is 3. The third-order valence-corrected chi connectivity index (χ3v) is 2.85. The Balaban J connectivity index is 2.40. The topological polar surface area (TPSA) is 81.6 Å². The monoisotopic (exact) mass is 260 g/mol. The molecule has 2 rings (SSSR count). The van der Waals surface area contributed by atoms with Gasteiger partial charge in [0.25, 0.3) is 0 Å². The normalized spacial score (nSPS) is 10.3. The summed E-state index contributed by atoms with van der Waals surface area (Å²) in [6.45, 7) is 1.85. The summed E-state index contributed by atoms with van der Waals surface area (Å²) in [7, 11) is 0. The van der Waals surface area contributed by atoms with Gasteiger partial charge in [0.05, 0.1) is 17.1 Å². The zero-order valence-electron chi connectivity index (χ0n) is 9.82. The van der Waals surface area contributed by atoms with Gasteiger partial charge in [0.1, 0.15) is 0 Å². The number of aromatic nitrogens is 2. The van der Waals surface area contributed by atoms with Crippen LogP contribution < -0.4 is 5.32 Å². The molecule has 0 aliphatic heterocycles. The quantitative estimate of drug-likeness (QED) is 0.738. The average Bonchev–Trinajstić information content (AvgIpc) is 2.71. The second-order valence-electron chi connectivity index (χ2n) is 3.92. The lowest BCUT2D eigenvalue weighted by molar-refractivity contribution is -0.115. The Morgan fingerprint density at radius 2 is 2.39 bits per heavy atom. The number of thiol groups is 1. The first-order valence-corrected chi connectivity index (χ1v) is 6.08. The Morgan fingerprint density at radius 1 is 1.61 bits per heavy atom. The molecule has 0 saturated heterocycles. The minimum atomic E-state index is -0.125. The number of fused-ring (bicyclic) bond motifs is 1. The molecule has 18 heavy (non-hydrogen) atoms. The van der Waals surface area contributed by atoms with Crippen LogP contribution in [-0.4, -0.2) is 21.9 Å². The van der Waals surface area contributed by atoms with Crippen LogP contribution in [0, 0.1) is 18.3 Å². The van der Waals surface area contributed by atoms with Crippen LogP contribution >= 0.6 is 12.6 Å². The molecule has 1 amide bonds. The minimum Gasteiger partial charge on any atom is -0.309 e. The van der Waals surface area contributed by atoms with Crippen LogP contribution in [0.3, 0.4) is 0 Å². The van der Waals surface area contributed by atoms with Gasteiger partial charge in [0, 0.05) is 11.8 Å². The maximum absolute atomic E-state index is 11.5. The molecule has 0 saturated carbocycles. The van der Waals surface area contributed by atoms with Crippen molar-refractivity contribution in [1.29, 1.82) is 5.26 Å². The lowest BCUT2D eigenvalue weighted by atomic mass is 10.1. The van der Waals surface area contributed by atoms with E-state index in [-0.39, 0.29) is 5.91 Å². The molecule has 0 aliphatic carbocycles. The smallest absolute Gasteiger partial charge is 0.226 e. The standard InChI is InChI=1S/C12H12N4OS/c1-7-4-9-10(5-8(7)6-13)15-16-12(9)14-11(17)2-3-18/h4-5,18H,2-3H2,1H3,(H2,14,15,16,17). The van der Waals surface area contributed by atoms with E-state index in [1.54, 1.807) is 6.07 Å². The number of carbonyl (C=O) groups excluding carboxylic acids is 1. The Morgan fingerprint density at radius 3 is 3.06 bits per heavy atom. The van der Waals surface area contributed by atoms with Gasteiger partial charge >= 0.3 is 0 Å². The van der Waals surface area contributed by atoms with E-state index in [9.17, 15) is 4.79 Å². The molecule has 0 spiro atoms. The minimum absolute atomic E-state index is 0.125. The van der Waals surface area contributed by atoms with E-state index in [4.69, 9.17) is 5.26 Å². The zero-order valence-corrected chi connectivity index (χ0v) is 10.7. The van der Waals surface area contributed by atoms with Crippen LogP contribution in [-0.2, 0) is 4.79 Å². The van der Waals surface area contributed by atoms with Crippen molar-refractivity contribution in [3.8, 4) is 6.07 Å². The van der Waals surface area contributed by atoms with Crippen molar-refractivity contribution < 1.29 is 4.79 Å². The molecule has 0 unspecified atom stereocenters. The van der Waals surface area contributed by atoms with E-state index < -0.39 is 0 Å². The molecule has 1 aromatic heterocycles. The molecule has 0 aliphatic rings. The second-order valence-corrected chi connectivity index (χ2v) is 4.37. The van der Waals surface area contributed by atoms with Crippen molar-refractivity contribution in [2.45, 2.75) is 13.3 Å². The number of hydrogen-bond acceptors (Lipinski definition) is 4. The van der Waals surface area contributed by atoms with Gasteiger partial charge < -0.3 is 5.32 Å². The predicted octanol–water partition coefficient (Wildman–Crippen LogP) is 2.00. The van der Waals surface area contributed by atoms with Gasteiger partial charge in [-0.05, 0) is 30.4 Å². The number of hydrogen-bond donors (Lipinski definition) is 3. The van der Waals surface area contributed by atoms with Crippen molar-refractivity contribution in [3.63, 3.8) is 0 Å². The van der Waals surface area contributed by atoms with E-state index >= 15 is 0 Å². The molecular formula is C12H12N4OS. The number of nitrogens with zero attached hydrogens (tertiary/aromatic N) is 2. The number of nitriles is 1. The zero-order chi connectivity index (χ0) is 13.1. The van der Waals surface area contributed by atoms with Gasteiger partial charge in [-0.1, -0.05) is 0 Å². The van der Waals surface area contributed by atoms with Gasteiger partial charge in [-0.15, -0.1) is 0 Å². The number of benzene rings is 1. The fourth-order valence-corrected chi connectivity index (χ4v) is 1.89. The highest BCUT2D eigenvalue weighted by atomic mass is 32.1. The van der Waals surface area contributed by atoms with Gasteiger partial charge in [-0.2, -0.15) is 23.0 Å². The maximum Gasteiger partial charge on any atom is 0.226 e. The number of H-pyrrole nitrogens is 1. The SMILES string of the molecule is Cc1cc2c(NC(=O)CCS)n[nH]c2cc1C#N. The number of aryl methyl sites for hydroxylation is 1. The molecule has 2 N–H and O–H groups in total. The van der Waals surface area contributed by atoms with Crippen molar-refractivity contribution in [3.05, 3.63) is 23.3 Å². The maximum atomic E-state index is 11.5. The molecule has 6 heteroatoms. The van der Waals surface area contributed by atoms with E-state index in [1.807, 2.05) is 13.0 Å². The van der Waals surface area contributed by atoms with Gasteiger partial charge in [-0.25, -0.2) is 0 Å². The summed E-state index contributed by atoms with van der Waals surface area (Å²) < 4.78 is 0.